The Labute approximate surface area is 169 Å². The summed E-state index contributed by atoms with van der Waals surface area (Å²) in [5, 5.41) is 0. The molecule has 0 radical (unpaired) electrons. The molecule has 0 atom stereocenters. The molecule has 0 bridgehead atoms. The van der Waals surface area contributed by atoms with Crippen LogP contribution in [-0.2, 0) is 26.1 Å². The molecule has 2 aromatic rings. The number of rotatable bonds is 6. The van der Waals surface area contributed by atoms with Crippen LogP contribution in [0.1, 0.15) is 21.5 Å². The van der Waals surface area contributed by atoms with E-state index in [1.807, 2.05) is 30.5 Å². The van der Waals surface area contributed by atoms with Gasteiger partial charge in [-0.25, -0.2) is 13.2 Å². The Morgan fingerprint density at radius 2 is 1.82 bits per heavy atom. The van der Waals surface area contributed by atoms with Crippen molar-refractivity contribution >= 4 is 27.8 Å². The van der Waals surface area contributed by atoms with Crippen LogP contribution in [0.4, 0.5) is 0 Å². The molecule has 0 aliphatic carbocycles. The first-order valence-electron chi connectivity index (χ1n) is 8.90. The Hall–Kier alpha value is -1.87. The fourth-order valence-electron chi connectivity index (χ4n) is 2.88. The third-order valence-electron chi connectivity index (χ3n) is 4.54. The fourth-order valence-corrected chi connectivity index (χ4v) is 4.95. The second-order valence-electron chi connectivity index (χ2n) is 6.42. The molecular formula is C20H23NO5S2. The highest BCUT2D eigenvalue weighted by atomic mass is 32.2. The van der Waals surface area contributed by atoms with Crippen molar-refractivity contribution in [1.82, 2.24) is 4.31 Å². The molecule has 2 aromatic carbocycles. The molecule has 28 heavy (non-hydrogen) atoms. The lowest BCUT2D eigenvalue weighted by molar-refractivity contribution is 0.0472. The molecule has 6 nitrogen and oxygen atoms in total. The lowest BCUT2D eigenvalue weighted by atomic mass is 10.1. The monoisotopic (exact) mass is 421 g/mol. The van der Waals surface area contributed by atoms with Crippen LogP contribution in [0.2, 0.25) is 0 Å². The van der Waals surface area contributed by atoms with Crippen molar-refractivity contribution in [2.24, 2.45) is 0 Å². The van der Waals surface area contributed by atoms with Crippen molar-refractivity contribution < 1.29 is 22.7 Å². The number of hydrogen-bond acceptors (Lipinski definition) is 6. The number of carbonyl (C=O) groups excluding carboxylic acids is 1. The summed E-state index contributed by atoms with van der Waals surface area (Å²) in [6, 6.07) is 12.4. The number of thioether (sulfide) groups is 1. The third kappa shape index (κ3) is 4.75. The maximum absolute atomic E-state index is 12.9. The largest absolute Gasteiger partial charge is 0.457 e. The van der Waals surface area contributed by atoms with Crippen molar-refractivity contribution in [2.75, 3.05) is 32.6 Å². The summed E-state index contributed by atoms with van der Waals surface area (Å²) < 4.78 is 37.9. The number of benzene rings is 2. The number of hydrogen-bond donors (Lipinski definition) is 0. The van der Waals surface area contributed by atoms with E-state index in [1.54, 1.807) is 30.8 Å². The van der Waals surface area contributed by atoms with Gasteiger partial charge in [0.05, 0.1) is 23.7 Å². The summed E-state index contributed by atoms with van der Waals surface area (Å²) in [4.78, 5) is 13.7. The summed E-state index contributed by atoms with van der Waals surface area (Å²) in [5.41, 5.74) is 1.69. The molecule has 8 heteroatoms. The van der Waals surface area contributed by atoms with E-state index in [-0.39, 0.29) is 17.1 Å². The highest BCUT2D eigenvalue weighted by Gasteiger charge is 2.28. The second kappa shape index (κ2) is 9.09. The van der Waals surface area contributed by atoms with E-state index < -0.39 is 16.0 Å². The maximum atomic E-state index is 12.9. The third-order valence-corrected chi connectivity index (χ3v) is 7.32. The molecule has 150 valence electrons. The van der Waals surface area contributed by atoms with Gasteiger partial charge in [-0.05, 0) is 48.6 Å². The van der Waals surface area contributed by atoms with E-state index in [2.05, 4.69) is 0 Å². The Bertz CT molecular complexity index is 936. The van der Waals surface area contributed by atoms with Gasteiger partial charge in [0, 0.05) is 18.0 Å². The molecular weight excluding hydrogens is 398 g/mol. The number of ether oxygens (including phenoxy) is 2. The molecule has 1 fully saturated rings. The molecule has 0 spiro atoms. The quantitative estimate of drug-likeness (QED) is 0.527. The highest BCUT2D eigenvalue weighted by molar-refractivity contribution is 7.98. The van der Waals surface area contributed by atoms with Gasteiger partial charge in [0.1, 0.15) is 6.61 Å². The van der Waals surface area contributed by atoms with Gasteiger partial charge in [-0.1, -0.05) is 18.2 Å². The van der Waals surface area contributed by atoms with E-state index in [1.165, 1.54) is 10.4 Å². The van der Waals surface area contributed by atoms with Crippen molar-refractivity contribution in [3.05, 3.63) is 59.2 Å². The smallest absolute Gasteiger partial charge is 0.338 e. The van der Waals surface area contributed by atoms with Gasteiger partial charge in [-0.3, -0.25) is 0 Å². The molecule has 0 saturated carbocycles. The van der Waals surface area contributed by atoms with Crippen LogP contribution in [0.15, 0.2) is 52.3 Å². The van der Waals surface area contributed by atoms with Crippen LogP contribution >= 0.6 is 11.8 Å². The summed E-state index contributed by atoms with van der Waals surface area (Å²) in [6.07, 6.45) is 2.00. The van der Waals surface area contributed by atoms with Crippen LogP contribution in [0, 0.1) is 6.92 Å². The maximum Gasteiger partial charge on any atom is 0.338 e. The molecule has 1 heterocycles. The molecule has 1 aliphatic rings. The number of carbonyl (C=O) groups is 1. The minimum absolute atomic E-state index is 0.132. The summed E-state index contributed by atoms with van der Waals surface area (Å²) in [5.74, 6) is -0.549. The lowest BCUT2D eigenvalue weighted by Crippen LogP contribution is -2.40. The van der Waals surface area contributed by atoms with Crippen molar-refractivity contribution in [2.45, 2.75) is 23.3 Å². The van der Waals surface area contributed by atoms with Gasteiger partial charge < -0.3 is 9.47 Å². The molecule has 1 saturated heterocycles. The van der Waals surface area contributed by atoms with E-state index in [0.29, 0.717) is 31.9 Å². The fraction of sp³-hybridized carbons (Fsp3) is 0.350. The zero-order chi connectivity index (χ0) is 20.1. The average Bonchev–Trinajstić information content (AvgIpc) is 2.73. The average molecular weight is 422 g/mol. The number of sulfonamides is 1. The Morgan fingerprint density at radius 3 is 2.46 bits per heavy atom. The van der Waals surface area contributed by atoms with Gasteiger partial charge in [-0.15, -0.1) is 11.8 Å². The van der Waals surface area contributed by atoms with Gasteiger partial charge in [0.25, 0.3) is 0 Å². The molecule has 1 aliphatic heterocycles. The van der Waals surface area contributed by atoms with E-state index in [0.717, 1.165) is 10.5 Å². The minimum Gasteiger partial charge on any atom is -0.457 e. The normalized spacial score (nSPS) is 15.4. The summed E-state index contributed by atoms with van der Waals surface area (Å²) in [6.45, 7) is 3.21. The Balaban J connectivity index is 1.75. The highest BCUT2D eigenvalue weighted by Crippen LogP contribution is 2.23. The molecule has 0 unspecified atom stereocenters. The SMILES string of the molecule is CSc1ccc(COC(=O)c2ccc(C)c(S(=O)(=O)N3CCOCC3)c2)cc1. The first kappa shape index (κ1) is 20.9. The van der Waals surface area contributed by atoms with E-state index in [4.69, 9.17) is 9.47 Å². The van der Waals surface area contributed by atoms with Crippen molar-refractivity contribution in [1.29, 1.82) is 0 Å². The van der Waals surface area contributed by atoms with Crippen LogP contribution in [-0.4, -0.2) is 51.3 Å². The molecule has 3 rings (SSSR count). The first-order chi connectivity index (χ1) is 13.4. The van der Waals surface area contributed by atoms with Crippen LogP contribution in [0.25, 0.3) is 0 Å². The molecule has 0 amide bonds. The predicted molar refractivity (Wildman–Crippen MR) is 108 cm³/mol. The molecule has 0 aromatic heterocycles. The van der Waals surface area contributed by atoms with Gasteiger partial charge in [0.15, 0.2) is 0 Å². The second-order valence-corrected chi connectivity index (χ2v) is 9.21. The standard InChI is InChI=1S/C20H23NO5S2/c1-15-3-6-17(13-19(15)28(23,24)21-9-11-25-12-10-21)20(22)26-14-16-4-7-18(27-2)8-5-16/h3-8,13H,9-12,14H2,1-2H3. The van der Waals surface area contributed by atoms with Crippen LogP contribution in [0.5, 0.6) is 0 Å². The number of esters is 1. The Morgan fingerprint density at radius 1 is 1.14 bits per heavy atom. The zero-order valence-electron chi connectivity index (χ0n) is 15.9. The lowest BCUT2D eigenvalue weighted by Gasteiger charge is -2.26. The minimum atomic E-state index is -3.68. The number of morpholine rings is 1. The summed E-state index contributed by atoms with van der Waals surface area (Å²) >= 11 is 1.64. The van der Waals surface area contributed by atoms with Crippen molar-refractivity contribution in [3.8, 4) is 0 Å². The van der Waals surface area contributed by atoms with E-state index in [9.17, 15) is 13.2 Å². The van der Waals surface area contributed by atoms with Crippen LogP contribution in [0.3, 0.4) is 0 Å². The topological polar surface area (TPSA) is 72.9 Å². The zero-order valence-corrected chi connectivity index (χ0v) is 17.5. The summed E-state index contributed by atoms with van der Waals surface area (Å²) in [7, 11) is -3.68. The van der Waals surface area contributed by atoms with Gasteiger partial charge in [-0.2, -0.15) is 4.31 Å². The van der Waals surface area contributed by atoms with E-state index >= 15 is 0 Å². The Kier molecular flexibility index (Phi) is 6.77. The first-order valence-corrected chi connectivity index (χ1v) is 11.6. The number of aryl methyl sites for hydroxylation is 1. The van der Waals surface area contributed by atoms with Gasteiger partial charge in [0.2, 0.25) is 10.0 Å². The van der Waals surface area contributed by atoms with Crippen LogP contribution < -0.4 is 0 Å². The number of nitrogens with zero attached hydrogens (tertiary/aromatic N) is 1. The van der Waals surface area contributed by atoms with Gasteiger partial charge >= 0.3 is 5.97 Å². The molecule has 0 N–H and O–H groups in total. The van der Waals surface area contributed by atoms with Crippen molar-refractivity contribution in [3.63, 3.8) is 0 Å². The predicted octanol–water partition coefficient (Wildman–Crippen LogP) is 3.09.